The second kappa shape index (κ2) is 7.29. The molecular formula is C15H12ClN3O3. The minimum Gasteiger partial charge on any atom is -0.493 e. The van der Waals surface area contributed by atoms with E-state index in [1.807, 2.05) is 6.07 Å². The van der Waals surface area contributed by atoms with Crippen LogP contribution in [-0.4, -0.2) is 24.6 Å². The number of ether oxygens (including phenoxy) is 2. The van der Waals surface area contributed by atoms with Crippen molar-refractivity contribution in [3.05, 3.63) is 47.1 Å². The van der Waals surface area contributed by atoms with Crippen LogP contribution in [0.5, 0.6) is 11.5 Å². The van der Waals surface area contributed by atoms with Crippen LogP contribution in [-0.2, 0) is 4.79 Å². The molecule has 1 aromatic heterocycles. The molecule has 6 nitrogen and oxygen atoms in total. The lowest BCUT2D eigenvalue weighted by Crippen LogP contribution is -2.21. The van der Waals surface area contributed by atoms with Crippen molar-refractivity contribution in [2.75, 3.05) is 19.0 Å². The van der Waals surface area contributed by atoms with Crippen molar-refractivity contribution in [3.8, 4) is 17.6 Å². The quantitative estimate of drug-likeness (QED) is 0.916. The zero-order chi connectivity index (χ0) is 15.9. The van der Waals surface area contributed by atoms with E-state index in [-0.39, 0.29) is 17.9 Å². The molecule has 1 amide bonds. The first kappa shape index (κ1) is 15.6. The number of benzene rings is 1. The lowest BCUT2D eigenvalue weighted by atomic mass is 10.2. The van der Waals surface area contributed by atoms with E-state index in [9.17, 15) is 4.79 Å². The number of pyridine rings is 1. The molecule has 0 saturated carbocycles. The third kappa shape index (κ3) is 3.87. The van der Waals surface area contributed by atoms with E-state index in [4.69, 9.17) is 26.3 Å². The number of hydrogen-bond donors (Lipinski definition) is 1. The molecule has 0 atom stereocenters. The largest absolute Gasteiger partial charge is 0.493 e. The normalized spacial score (nSPS) is 9.68. The van der Waals surface area contributed by atoms with Crippen molar-refractivity contribution >= 4 is 23.3 Å². The zero-order valence-electron chi connectivity index (χ0n) is 11.7. The highest BCUT2D eigenvalue weighted by Crippen LogP contribution is 2.30. The molecule has 7 heteroatoms. The Morgan fingerprint density at radius 1 is 1.41 bits per heavy atom. The molecule has 22 heavy (non-hydrogen) atoms. The SMILES string of the molecule is COc1cccc(C#N)c1OCC(=O)Nc1ccc(Cl)cn1. The molecule has 0 aliphatic carbocycles. The van der Waals surface area contributed by atoms with Gasteiger partial charge in [0.2, 0.25) is 0 Å². The highest BCUT2D eigenvalue weighted by molar-refractivity contribution is 6.30. The van der Waals surface area contributed by atoms with Gasteiger partial charge < -0.3 is 14.8 Å². The Bertz CT molecular complexity index is 711. The molecule has 1 heterocycles. The third-order valence-electron chi connectivity index (χ3n) is 2.66. The van der Waals surface area contributed by atoms with Crippen LogP contribution in [0.4, 0.5) is 5.82 Å². The van der Waals surface area contributed by atoms with Gasteiger partial charge in [-0.15, -0.1) is 0 Å². The van der Waals surface area contributed by atoms with Gasteiger partial charge in [-0.1, -0.05) is 17.7 Å². The number of para-hydroxylation sites is 1. The highest BCUT2D eigenvalue weighted by Gasteiger charge is 2.12. The summed E-state index contributed by atoms with van der Waals surface area (Å²) >= 11 is 5.71. The van der Waals surface area contributed by atoms with Gasteiger partial charge in [0.15, 0.2) is 18.1 Å². The fourth-order valence-electron chi connectivity index (χ4n) is 1.68. The van der Waals surface area contributed by atoms with Crippen molar-refractivity contribution in [2.45, 2.75) is 0 Å². The summed E-state index contributed by atoms with van der Waals surface area (Å²) in [7, 11) is 1.46. The first-order chi connectivity index (χ1) is 10.6. The minimum absolute atomic E-state index is 0.228. The van der Waals surface area contributed by atoms with Gasteiger partial charge in [0, 0.05) is 6.20 Å². The van der Waals surface area contributed by atoms with Crippen LogP contribution in [0.15, 0.2) is 36.5 Å². The number of carbonyl (C=O) groups is 1. The number of hydrogen-bond acceptors (Lipinski definition) is 5. The second-order valence-corrected chi connectivity index (χ2v) is 4.58. The van der Waals surface area contributed by atoms with E-state index < -0.39 is 5.91 Å². The van der Waals surface area contributed by atoms with Crippen LogP contribution in [0.3, 0.4) is 0 Å². The lowest BCUT2D eigenvalue weighted by molar-refractivity contribution is -0.118. The minimum atomic E-state index is -0.412. The number of nitrogens with one attached hydrogen (secondary N) is 1. The summed E-state index contributed by atoms with van der Waals surface area (Å²) in [6, 6.07) is 10.1. The number of anilines is 1. The summed E-state index contributed by atoms with van der Waals surface area (Å²) < 4.78 is 10.5. The summed E-state index contributed by atoms with van der Waals surface area (Å²) in [5.41, 5.74) is 0.289. The Hall–Kier alpha value is -2.78. The average Bonchev–Trinajstić information content (AvgIpc) is 2.54. The molecule has 0 fully saturated rings. The molecule has 0 saturated heterocycles. The summed E-state index contributed by atoms with van der Waals surface area (Å²) in [6.07, 6.45) is 1.42. The van der Waals surface area contributed by atoms with E-state index in [1.54, 1.807) is 30.3 Å². The molecule has 2 rings (SSSR count). The second-order valence-electron chi connectivity index (χ2n) is 4.15. The smallest absolute Gasteiger partial charge is 0.263 e. The summed E-state index contributed by atoms with van der Waals surface area (Å²) in [5, 5.41) is 12.1. The Balaban J connectivity index is 2.02. The lowest BCUT2D eigenvalue weighted by Gasteiger charge is -2.11. The maximum atomic E-state index is 11.8. The number of halogens is 1. The van der Waals surface area contributed by atoms with Crippen molar-refractivity contribution in [1.82, 2.24) is 4.98 Å². The van der Waals surface area contributed by atoms with Crippen LogP contribution in [0, 0.1) is 11.3 Å². The summed E-state index contributed by atoms with van der Waals surface area (Å²) in [4.78, 5) is 15.8. The molecule has 0 unspecified atom stereocenters. The molecule has 0 aliphatic heterocycles. The number of aromatic nitrogens is 1. The molecule has 2 aromatic rings. The molecule has 1 aromatic carbocycles. The maximum absolute atomic E-state index is 11.8. The fourth-order valence-corrected chi connectivity index (χ4v) is 1.79. The van der Waals surface area contributed by atoms with E-state index in [0.717, 1.165) is 0 Å². The average molecular weight is 318 g/mol. The van der Waals surface area contributed by atoms with E-state index in [2.05, 4.69) is 10.3 Å². The number of rotatable bonds is 5. The monoisotopic (exact) mass is 317 g/mol. The van der Waals surface area contributed by atoms with Gasteiger partial charge in [-0.2, -0.15) is 5.26 Å². The summed E-state index contributed by atoms with van der Waals surface area (Å²) in [6.45, 7) is -0.278. The van der Waals surface area contributed by atoms with Crippen molar-refractivity contribution in [2.24, 2.45) is 0 Å². The van der Waals surface area contributed by atoms with Gasteiger partial charge in [0.1, 0.15) is 11.9 Å². The standard InChI is InChI=1S/C15H12ClN3O3/c1-21-12-4-2-3-10(7-17)15(12)22-9-14(20)19-13-6-5-11(16)8-18-13/h2-6,8H,9H2,1H3,(H,18,19,20). The Kier molecular flexibility index (Phi) is 5.17. The van der Waals surface area contributed by atoms with Crippen LogP contribution in [0.2, 0.25) is 5.02 Å². The zero-order valence-corrected chi connectivity index (χ0v) is 12.4. The number of nitrogens with zero attached hydrogens (tertiary/aromatic N) is 2. The van der Waals surface area contributed by atoms with E-state index in [1.165, 1.54) is 13.3 Å². The van der Waals surface area contributed by atoms with Crippen LogP contribution >= 0.6 is 11.6 Å². The van der Waals surface area contributed by atoms with Crippen molar-refractivity contribution < 1.29 is 14.3 Å². The van der Waals surface area contributed by atoms with Gasteiger partial charge in [-0.3, -0.25) is 4.79 Å². The Morgan fingerprint density at radius 3 is 2.86 bits per heavy atom. The van der Waals surface area contributed by atoms with Gasteiger partial charge in [-0.05, 0) is 24.3 Å². The molecule has 0 bridgehead atoms. The van der Waals surface area contributed by atoms with Gasteiger partial charge in [0.25, 0.3) is 5.91 Å². The van der Waals surface area contributed by atoms with Gasteiger partial charge >= 0.3 is 0 Å². The predicted molar refractivity (Wildman–Crippen MR) is 81.1 cm³/mol. The molecule has 0 radical (unpaired) electrons. The Morgan fingerprint density at radius 2 is 2.23 bits per heavy atom. The number of nitriles is 1. The van der Waals surface area contributed by atoms with E-state index >= 15 is 0 Å². The topological polar surface area (TPSA) is 84.2 Å². The first-order valence-electron chi connectivity index (χ1n) is 6.25. The first-order valence-corrected chi connectivity index (χ1v) is 6.63. The number of amides is 1. The van der Waals surface area contributed by atoms with E-state index in [0.29, 0.717) is 16.6 Å². The number of carbonyl (C=O) groups excluding carboxylic acids is 1. The molecule has 112 valence electrons. The van der Waals surface area contributed by atoms with Gasteiger partial charge in [-0.25, -0.2) is 4.98 Å². The Labute approximate surface area is 132 Å². The number of methoxy groups -OCH3 is 1. The molecule has 0 spiro atoms. The molecule has 1 N–H and O–H groups in total. The van der Waals surface area contributed by atoms with Crippen molar-refractivity contribution in [1.29, 1.82) is 5.26 Å². The summed E-state index contributed by atoms with van der Waals surface area (Å²) in [5.74, 6) is 0.561. The third-order valence-corrected chi connectivity index (χ3v) is 2.89. The fraction of sp³-hybridized carbons (Fsp3) is 0.133. The molecular weight excluding hydrogens is 306 g/mol. The van der Waals surface area contributed by atoms with Crippen molar-refractivity contribution in [3.63, 3.8) is 0 Å². The van der Waals surface area contributed by atoms with Crippen LogP contribution < -0.4 is 14.8 Å². The maximum Gasteiger partial charge on any atom is 0.263 e. The predicted octanol–water partition coefficient (Wildman–Crippen LogP) is 2.63. The van der Waals surface area contributed by atoms with Gasteiger partial charge in [0.05, 0.1) is 17.7 Å². The highest BCUT2D eigenvalue weighted by atomic mass is 35.5. The van der Waals surface area contributed by atoms with Crippen LogP contribution in [0.1, 0.15) is 5.56 Å². The molecule has 0 aliphatic rings. The van der Waals surface area contributed by atoms with Crippen LogP contribution in [0.25, 0.3) is 0 Å².